The largest absolute Gasteiger partial charge is 0.338 e. The first-order valence-electron chi connectivity index (χ1n) is 4.70. The fourth-order valence-electron chi connectivity index (χ4n) is 0.783. The molecule has 0 aromatic rings. The van der Waals surface area contributed by atoms with E-state index in [1.165, 1.54) is 0 Å². The molecule has 0 aliphatic carbocycles. The highest BCUT2D eigenvalue weighted by atomic mass is 32.1. The number of rotatable bonds is 5. The predicted molar refractivity (Wildman–Crippen MR) is 59.4 cm³/mol. The maximum atomic E-state index is 11.0. The highest BCUT2D eigenvalue weighted by Crippen LogP contribution is 2.15. The summed E-state index contributed by atoms with van der Waals surface area (Å²) in [5, 5.41) is 5.52. The van der Waals surface area contributed by atoms with Gasteiger partial charge >= 0.3 is 6.03 Å². The molecule has 0 saturated carbocycles. The molecule has 0 atom stereocenters. The van der Waals surface area contributed by atoms with Crippen LogP contribution in [0, 0.1) is 0 Å². The topological polar surface area (TPSA) is 41.1 Å². The average molecular weight is 204 g/mol. The van der Waals surface area contributed by atoms with Gasteiger partial charge in [0.2, 0.25) is 0 Å². The molecule has 4 heteroatoms. The molecule has 0 rings (SSSR count). The fraction of sp³-hybridized carbons (Fsp3) is 0.889. The van der Waals surface area contributed by atoms with Crippen molar-refractivity contribution in [3.05, 3.63) is 0 Å². The van der Waals surface area contributed by atoms with Gasteiger partial charge in [0.1, 0.15) is 0 Å². The van der Waals surface area contributed by atoms with Crippen molar-refractivity contribution >= 4 is 18.7 Å². The summed E-state index contributed by atoms with van der Waals surface area (Å²) in [6, 6.07) is -0.0839. The molecule has 3 nitrogen and oxygen atoms in total. The predicted octanol–water partition coefficient (Wildman–Crippen LogP) is 1.79. The van der Waals surface area contributed by atoms with Gasteiger partial charge in [-0.15, -0.1) is 0 Å². The Balaban J connectivity index is 3.37. The van der Waals surface area contributed by atoms with Gasteiger partial charge in [0.05, 0.1) is 0 Å². The average Bonchev–Trinajstić information content (AvgIpc) is 1.98. The van der Waals surface area contributed by atoms with Gasteiger partial charge < -0.3 is 10.6 Å². The minimum absolute atomic E-state index is 0.0158. The van der Waals surface area contributed by atoms with Crippen LogP contribution in [0.1, 0.15) is 33.6 Å². The van der Waals surface area contributed by atoms with Crippen LogP contribution in [0.15, 0.2) is 0 Å². The van der Waals surface area contributed by atoms with Gasteiger partial charge in [0.15, 0.2) is 0 Å². The second-order valence-electron chi connectivity index (χ2n) is 3.75. The molecule has 0 spiro atoms. The van der Waals surface area contributed by atoms with Gasteiger partial charge in [0.25, 0.3) is 0 Å². The maximum absolute atomic E-state index is 11.0. The first kappa shape index (κ1) is 12.6. The summed E-state index contributed by atoms with van der Waals surface area (Å²) >= 11 is 4.36. The molecule has 0 saturated heterocycles. The van der Waals surface area contributed by atoms with Gasteiger partial charge in [-0.1, -0.05) is 20.8 Å². The number of amides is 2. The Labute approximate surface area is 86.1 Å². The highest BCUT2D eigenvalue weighted by molar-refractivity contribution is 7.81. The van der Waals surface area contributed by atoms with Crippen LogP contribution in [0.3, 0.4) is 0 Å². The molecule has 0 heterocycles. The van der Waals surface area contributed by atoms with Crippen LogP contribution < -0.4 is 10.6 Å². The van der Waals surface area contributed by atoms with Crippen molar-refractivity contribution in [3.63, 3.8) is 0 Å². The number of hydrogen-bond donors (Lipinski definition) is 3. The molecule has 0 aromatic carbocycles. The molecule has 2 amide bonds. The van der Waals surface area contributed by atoms with E-state index in [2.05, 4.69) is 23.3 Å². The SMILES string of the molecule is CCCNC(=O)NCCC(C)(C)S. The Bertz CT molecular complexity index is 154. The lowest BCUT2D eigenvalue weighted by Gasteiger charge is -2.17. The van der Waals surface area contributed by atoms with Crippen molar-refractivity contribution in [2.45, 2.75) is 38.4 Å². The monoisotopic (exact) mass is 204 g/mol. The fourth-order valence-corrected chi connectivity index (χ4v) is 0.895. The molecular weight excluding hydrogens is 184 g/mol. The van der Waals surface area contributed by atoms with Gasteiger partial charge in [-0.25, -0.2) is 4.79 Å². The molecule has 0 aliphatic rings. The number of urea groups is 1. The van der Waals surface area contributed by atoms with Crippen LogP contribution >= 0.6 is 12.6 Å². The number of hydrogen-bond acceptors (Lipinski definition) is 2. The zero-order valence-electron chi connectivity index (χ0n) is 8.68. The lowest BCUT2D eigenvalue weighted by atomic mass is 10.1. The summed E-state index contributed by atoms with van der Waals surface area (Å²) in [7, 11) is 0. The van der Waals surface area contributed by atoms with Crippen LogP contribution in [0.2, 0.25) is 0 Å². The van der Waals surface area contributed by atoms with Crippen LogP contribution in [0.25, 0.3) is 0 Å². The maximum Gasteiger partial charge on any atom is 0.314 e. The zero-order valence-corrected chi connectivity index (χ0v) is 9.58. The molecule has 0 radical (unpaired) electrons. The zero-order chi connectivity index (χ0) is 10.3. The quantitative estimate of drug-likeness (QED) is 0.587. The van der Waals surface area contributed by atoms with E-state index in [9.17, 15) is 4.79 Å². The number of carbonyl (C=O) groups excluding carboxylic acids is 1. The lowest BCUT2D eigenvalue weighted by Crippen LogP contribution is -2.37. The van der Waals surface area contributed by atoms with Crippen molar-refractivity contribution in [2.24, 2.45) is 0 Å². The molecule has 0 unspecified atom stereocenters. The van der Waals surface area contributed by atoms with Crippen LogP contribution in [0.5, 0.6) is 0 Å². The van der Waals surface area contributed by atoms with E-state index < -0.39 is 0 Å². The van der Waals surface area contributed by atoms with E-state index in [0.717, 1.165) is 19.4 Å². The minimum Gasteiger partial charge on any atom is -0.338 e. The van der Waals surface area contributed by atoms with E-state index in [-0.39, 0.29) is 10.8 Å². The Morgan fingerprint density at radius 3 is 2.31 bits per heavy atom. The minimum atomic E-state index is -0.0839. The highest BCUT2D eigenvalue weighted by Gasteiger charge is 2.10. The summed E-state index contributed by atoms with van der Waals surface area (Å²) < 4.78 is -0.0158. The van der Waals surface area contributed by atoms with E-state index >= 15 is 0 Å². The van der Waals surface area contributed by atoms with Crippen molar-refractivity contribution < 1.29 is 4.79 Å². The second-order valence-corrected chi connectivity index (χ2v) is 4.96. The van der Waals surface area contributed by atoms with Crippen LogP contribution in [0.4, 0.5) is 4.79 Å². The molecule has 0 fully saturated rings. The standard InChI is InChI=1S/C9H20N2OS/c1-4-6-10-8(12)11-7-5-9(2,3)13/h13H,4-7H2,1-3H3,(H2,10,11,12). The van der Waals surface area contributed by atoms with Crippen molar-refractivity contribution in [2.75, 3.05) is 13.1 Å². The van der Waals surface area contributed by atoms with Gasteiger partial charge in [-0.3, -0.25) is 0 Å². The normalized spacial score (nSPS) is 11.1. The third kappa shape index (κ3) is 9.53. The lowest BCUT2D eigenvalue weighted by molar-refractivity contribution is 0.240. The third-order valence-electron chi connectivity index (χ3n) is 1.56. The Morgan fingerprint density at radius 2 is 1.85 bits per heavy atom. The first-order chi connectivity index (χ1) is 5.95. The third-order valence-corrected chi connectivity index (χ3v) is 1.78. The number of carbonyl (C=O) groups is 1. The van der Waals surface area contributed by atoms with Crippen molar-refractivity contribution in [1.82, 2.24) is 10.6 Å². The molecule has 78 valence electrons. The summed E-state index contributed by atoms with van der Waals surface area (Å²) in [4.78, 5) is 11.0. The smallest absolute Gasteiger partial charge is 0.314 e. The summed E-state index contributed by atoms with van der Waals surface area (Å²) in [6.45, 7) is 7.49. The summed E-state index contributed by atoms with van der Waals surface area (Å²) in [5.74, 6) is 0. The molecule has 2 N–H and O–H groups in total. The number of nitrogens with one attached hydrogen (secondary N) is 2. The van der Waals surface area contributed by atoms with E-state index in [1.54, 1.807) is 0 Å². The number of thiol groups is 1. The summed E-state index contributed by atoms with van der Waals surface area (Å²) in [6.07, 6.45) is 1.83. The molecule has 0 aliphatic heterocycles. The Kier molecular flexibility index (Phi) is 5.95. The van der Waals surface area contributed by atoms with Crippen molar-refractivity contribution in [3.8, 4) is 0 Å². The van der Waals surface area contributed by atoms with Crippen LogP contribution in [-0.2, 0) is 0 Å². The first-order valence-corrected chi connectivity index (χ1v) is 5.14. The van der Waals surface area contributed by atoms with E-state index in [4.69, 9.17) is 0 Å². The van der Waals surface area contributed by atoms with Gasteiger partial charge in [-0.05, 0) is 12.8 Å². The van der Waals surface area contributed by atoms with Crippen molar-refractivity contribution in [1.29, 1.82) is 0 Å². The van der Waals surface area contributed by atoms with E-state index in [0.29, 0.717) is 6.54 Å². The molecule has 0 aromatic heterocycles. The second kappa shape index (κ2) is 6.13. The molecular formula is C9H20N2OS. The Morgan fingerprint density at radius 1 is 1.31 bits per heavy atom. The molecule has 0 bridgehead atoms. The van der Waals surface area contributed by atoms with E-state index in [1.807, 2.05) is 20.8 Å². The summed E-state index contributed by atoms with van der Waals surface area (Å²) in [5.41, 5.74) is 0. The van der Waals surface area contributed by atoms with Gasteiger partial charge in [0, 0.05) is 17.8 Å². The molecule has 13 heavy (non-hydrogen) atoms. The van der Waals surface area contributed by atoms with Gasteiger partial charge in [-0.2, -0.15) is 12.6 Å². The van der Waals surface area contributed by atoms with Crippen LogP contribution in [-0.4, -0.2) is 23.9 Å². The Hall–Kier alpha value is -0.380.